The average Bonchev–Trinajstić information content (AvgIpc) is 3.70. The van der Waals surface area contributed by atoms with Crippen LogP contribution in [0.5, 0.6) is 11.5 Å². The van der Waals surface area contributed by atoms with Gasteiger partial charge in [-0.15, -0.1) is 11.6 Å². The second kappa shape index (κ2) is 11.1. The highest BCUT2D eigenvalue weighted by Gasteiger charge is 2.36. The summed E-state index contributed by atoms with van der Waals surface area (Å²) in [5.41, 5.74) is -0.880. The monoisotopic (exact) mass is 510 g/mol. The standard InChI is InChI=1S/C12H12ClF3O.C12H13F3O2/c13-6-9-3-4-11(17-7-8-1-2-8)10(5-9)12(14,15)16;13-12(14,15)10-5-9(6-16)3-4-11(10)17-7-8-1-2-8/h3-5,8H,1-2,6-7H2;3-5,8,16H,1-2,6-7H2. The lowest BCUT2D eigenvalue weighted by Crippen LogP contribution is -2.10. The van der Waals surface area contributed by atoms with E-state index in [2.05, 4.69) is 0 Å². The number of benzene rings is 2. The van der Waals surface area contributed by atoms with Crippen LogP contribution in [0.2, 0.25) is 0 Å². The quantitative estimate of drug-likeness (QED) is 0.301. The van der Waals surface area contributed by atoms with Crippen molar-refractivity contribution in [2.75, 3.05) is 13.2 Å². The summed E-state index contributed by atoms with van der Waals surface area (Å²) in [5, 5.41) is 8.84. The van der Waals surface area contributed by atoms with E-state index in [1.165, 1.54) is 18.2 Å². The van der Waals surface area contributed by atoms with Crippen LogP contribution in [-0.4, -0.2) is 18.3 Å². The smallest absolute Gasteiger partial charge is 0.419 e. The van der Waals surface area contributed by atoms with Crippen molar-refractivity contribution in [1.82, 2.24) is 0 Å². The molecule has 0 radical (unpaired) electrons. The maximum absolute atomic E-state index is 12.8. The minimum Gasteiger partial charge on any atom is -0.493 e. The Bertz CT molecular complexity index is 875. The number of hydrogen-bond acceptors (Lipinski definition) is 3. The highest BCUT2D eigenvalue weighted by Crippen LogP contribution is 2.39. The van der Waals surface area contributed by atoms with E-state index in [0.29, 0.717) is 30.6 Å². The molecule has 10 heteroatoms. The Labute approximate surface area is 198 Å². The molecular formula is C24H25ClF6O3. The number of aliphatic hydroxyl groups is 1. The van der Waals surface area contributed by atoms with E-state index < -0.39 is 30.1 Å². The van der Waals surface area contributed by atoms with Gasteiger partial charge in [0.05, 0.1) is 30.9 Å². The molecule has 34 heavy (non-hydrogen) atoms. The predicted molar refractivity (Wildman–Crippen MR) is 115 cm³/mol. The summed E-state index contributed by atoms with van der Waals surface area (Å²) in [6.45, 7) is 0.289. The molecule has 0 spiro atoms. The van der Waals surface area contributed by atoms with Crippen LogP contribution in [0, 0.1) is 11.8 Å². The zero-order chi connectivity index (χ0) is 24.9. The first kappa shape index (κ1) is 26.5. The lowest BCUT2D eigenvalue weighted by molar-refractivity contribution is -0.139. The maximum atomic E-state index is 12.8. The molecule has 2 aliphatic carbocycles. The summed E-state index contributed by atoms with van der Waals surface area (Å²) >= 11 is 5.53. The molecule has 1 N–H and O–H groups in total. The summed E-state index contributed by atoms with van der Waals surface area (Å²) in [6.07, 6.45) is -4.72. The van der Waals surface area contributed by atoms with Crippen LogP contribution in [0.3, 0.4) is 0 Å². The fourth-order valence-electron chi connectivity index (χ4n) is 3.01. The van der Waals surface area contributed by atoms with Crippen molar-refractivity contribution in [3.63, 3.8) is 0 Å². The van der Waals surface area contributed by atoms with Gasteiger partial charge in [-0.05, 0) is 72.9 Å². The van der Waals surface area contributed by atoms with Gasteiger partial charge in [-0.2, -0.15) is 26.3 Å². The Hall–Kier alpha value is -2.13. The van der Waals surface area contributed by atoms with E-state index in [9.17, 15) is 26.3 Å². The number of aliphatic hydroxyl groups excluding tert-OH is 1. The van der Waals surface area contributed by atoms with Gasteiger partial charge in [0.1, 0.15) is 11.5 Å². The van der Waals surface area contributed by atoms with Gasteiger partial charge in [0.25, 0.3) is 0 Å². The number of alkyl halides is 7. The molecule has 0 bridgehead atoms. The Morgan fingerprint density at radius 2 is 1.15 bits per heavy atom. The second-order valence-electron chi connectivity index (χ2n) is 8.46. The predicted octanol–water partition coefficient (Wildman–Crippen LogP) is 7.22. The van der Waals surface area contributed by atoms with E-state index in [0.717, 1.165) is 37.8 Å². The average molecular weight is 511 g/mol. The van der Waals surface area contributed by atoms with Crippen molar-refractivity contribution in [3.8, 4) is 11.5 Å². The van der Waals surface area contributed by atoms with Gasteiger partial charge in [0.15, 0.2) is 0 Å². The summed E-state index contributed by atoms with van der Waals surface area (Å²) in [4.78, 5) is 0. The highest BCUT2D eigenvalue weighted by atomic mass is 35.5. The third kappa shape index (κ3) is 7.98. The fourth-order valence-corrected chi connectivity index (χ4v) is 3.18. The van der Waals surface area contributed by atoms with Crippen LogP contribution >= 0.6 is 11.6 Å². The molecule has 3 nitrogen and oxygen atoms in total. The van der Waals surface area contributed by atoms with Crippen molar-refractivity contribution < 1.29 is 40.9 Å². The summed E-state index contributed by atoms with van der Waals surface area (Å²) < 4.78 is 87.0. The van der Waals surface area contributed by atoms with E-state index in [1.807, 2.05) is 0 Å². The molecule has 2 aliphatic rings. The molecule has 2 aromatic rings. The molecule has 0 atom stereocenters. The van der Waals surface area contributed by atoms with Crippen LogP contribution in [0.25, 0.3) is 0 Å². The zero-order valence-corrected chi connectivity index (χ0v) is 18.9. The molecule has 0 aromatic heterocycles. The van der Waals surface area contributed by atoms with Crippen LogP contribution < -0.4 is 9.47 Å². The lowest BCUT2D eigenvalue weighted by Gasteiger charge is -2.14. The van der Waals surface area contributed by atoms with E-state index in [4.69, 9.17) is 26.2 Å². The van der Waals surface area contributed by atoms with Gasteiger partial charge in [0.2, 0.25) is 0 Å². The summed E-state index contributed by atoms with van der Waals surface area (Å²) in [5.74, 6) is 0.628. The van der Waals surface area contributed by atoms with E-state index in [-0.39, 0.29) is 22.9 Å². The van der Waals surface area contributed by atoms with Gasteiger partial charge < -0.3 is 14.6 Å². The fraction of sp³-hybridized carbons (Fsp3) is 0.500. The van der Waals surface area contributed by atoms with Gasteiger partial charge >= 0.3 is 12.4 Å². The number of ether oxygens (including phenoxy) is 2. The third-order valence-corrected chi connectivity index (χ3v) is 5.69. The van der Waals surface area contributed by atoms with Crippen molar-refractivity contribution >= 4 is 11.6 Å². The lowest BCUT2D eigenvalue weighted by atomic mass is 10.1. The first-order valence-electron chi connectivity index (χ1n) is 10.8. The van der Waals surface area contributed by atoms with E-state index in [1.54, 1.807) is 6.07 Å². The van der Waals surface area contributed by atoms with Crippen LogP contribution in [0.15, 0.2) is 36.4 Å². The molecule has 0 saturated heterocycles. The first-order chi connectivity index (χ1) is 16.0. The Balaban J connectivity index is 0.000000191. The second-order valence-corrected chi connectivity index (χ2v) is 8.72. The normalized spacial score (nSPS) is 16.0. The summed E-state index contributed by atoms with van der Waals surface area (Å²) in [6, 6.07) is 7.61. The van der Waals surface area contributed by atoms with Crippen LogP contribution in [0.4, 0.5) is 26.3 Å². The van der Waals surface area contributed by atoms with E-state index >= 15 is 0 Å². The SMILES string of the molecule is FC(F)(F)c1cc(CCl)ccc1OCC1CC1.OCc1ccc(OCC2CC2)c(C(F)(F)F)c1. The molecule has 0 heterocycles. The molecule has 4 rings (SSSR count). The summed E-state index contributed by atoms with van der Waals surface area (Å²) in [7, 11) is 0. The van der Waals surface area contributed by atoms with Gasteiger partial charge in [-0.3, -0.25) is 0 Å². The Morgan fingerprint density at radius 1 is 0.735 bits per heavy atom. The molecule has 0 unspecified atom stereocenters. The zero-order valence-electron chi connectivity index (χ0n) is 18.2. The van der Waals surface area contributed by atoms with Crippen LogP contribution in [0.1, 0.15) is 47.9 Å². The number of hydrogen-bond donors (Lipinski definition) is 1. The van der Waals surface area contributed by atoms with Crippen molar-refractivity contribution in [1.29, 1.82) is 0 Å². The van der Waals surface area contributed by atoms with Crippen LogP contribution in [-0.2, 0) is 24.8 Å². The maximum Gasteiger partial charge on any atom is 0.419 e. The third-order valence-electron chi connectivity index (χ3n) is 5.38. The van der Waals surface area contributed by atoms with Gasteiger partial charge in [-0.1, -0.05) is 12.1 Å². The highest BCUT2D eigenvalue weighted by molar-refractivity contribution is 6.17. The minimum absolute atomic E-state index is 0.0615. The van der Waals surface area contributed by atoms with Gasteiger partial charge in [-0.25, -0.2) is 0 Å². The largest absolute Gasteiger partial charge is 0.493 e. The molecule has 2 aromatic carbocycles. The Morgan fingerprint density at radius 3 is 1.50 bits per heavy atom. The van der Waals surface area contributed by atoms with Gasteiger partial charge in [0, 0.05) is 5.88 Å². The molecule has 2 saturated carbocycles. The minimum atomic E-state index is -4.45. The number of rotatable bonds is 8. The molecule has 0 aliphatic heterocycles. The molecule has 2 fully saturated rings. The molecular weight excluding hydrogens is 486 g/mol. The van der Waals surface area contributed by atoms with Crippen molar-refractivity contribution in [2.24, 2.45) is 11.8 Å². The van der Waals surface area contributed by atoms with Crippen molar-refractivity contribution in [2.45, 2.75) is 50.5 Å². The first-order valence-corrected chi connectivity index (χ1v) is 11.4. The Kier molecular flexibility index (Phi) is 8.62. The number of halogens is 7. The molecule has 0 amide bonds. The molecule has 188 valence electrons. The topological polar surface area (TPSA) is 38.7 Å². The van der Waals surface area contributed by atoms with Crippen molar-refractivity contribution in [3.05, 3.63) is 58.7 Å².